The zero-order valence-corrected chi connectivity index (χ0v) is 8.70. The molecule has 14 heavy (non-hydrogen) atoms. The van der Waals surface area contributed by atoms with Crippen molar-refractivity contribution in [2.24, 2.45) is 0 Å². The third-order valence-electron chi connectivity index (χ3n) is 1.74. The van der Waals surface area contributed by atoms with Gasteiger partial charge in [-0.1, -0.05) is 17.7 Å². The van der Waals surface area contributed by atoms with E-state index in [-0.39, 0.29) is 12.0 Å². The van der Waals surface area contributed by atoms with E-state index in [0.717, 1.165) is 6.07 Å². The number of hydrogen-bond acceptors (Lipinski definition) is 1. The minimum absolute atomic E-state index is 0.0961. The Morgan fingerprint density at radius 1 is 1.36 bits per heavy atom. The lowest BCUT2D eigenvalue weighted by Gasteiger charge is -2.17. The SMILES string of the molecule is CC(C)(O)Cc1ccc(F)c(Cl)c1F. The molecule has 1 rings (SSSR count). The molecule has 0 aliphatic heterocycles. The Morgan fingerprint density at radius 2 is 1.93 bits per heavy atom. The van der Waals surface area contributed by atoms with Gasteiger partial charge in [0.25, 0.3) is 0 Å². The van der Waals surface area contributed by atoms with Crippen LogP contribution in [0.1, 0.15) is 19.4 Å². The molecule has 1 nitrogen and oxygen atoms in total. The van der Waals surface area contributed by atoms with E-state index in [1.165, 1.54) is 6.07 Å². The monoisotopic (exact) mass is 220 g/mol. The van der Waals surface area contributed by atoms with Crippen LogP contribution in [0.4, 0.5) is 8.78 Å². The summed E-state index contributed by atoms with van der Waals surface area (Å²) in [6.07, 6.45) is 0.0961. The van der Waals surface area contributed by atoms with Gasteiger partial charge in [-0.2, -0.15) is 0 Å². The molecule has 0 spiro atoms. The number of rotatable bonds is 2. The second-order valence-electron chi connectivity index (χ2n) is 3.82. The average molecular weight is 221 g/mol. The molecular weight excluding hydrogens is 210 g/mol. The maximum absolute atomic E-state index is 13.3. The summed E-state index contributed by atoms with van der Waals surface area (Å²) >= 11 is 5.38. The van der Waals surface area contributed by atoms with E-state index in [0.29, 0.717) is 0 Å². The van der Waals surface area contributed by atoms with Crippen LogP contribution in [0.3, 0.4) is 0 Å². The van der Waals surface area contributed by atoms with Crippen LogP contribution in [0, 0.1) is 11.6 Å². The molecule has 0 unspecified atom stereocenters. The smallest absolute Gasteiger partial charge is 0.148 e. The van der Waals surface area contributed by atoms with Crippen molar-refractivity contribution in [1.82, 2.24) is 0 Å². The fourth-order valence-electron chi connectivity index (χ4n) is 1.17. The first kappa shape index (κ1) is 11.4. The lowest BCUT2D eigenvalue weighted by atomic mass is 9.98. The summed E-state index contributed by atoms with van der Waals surface area (Å²) in [6.45, 7) is 3.09. The summed E-state index contributed by atoms with van der Waals surface area (Å²) in [5.41, 5.74) is -0.828. The topological polar surface area (TPSA) is 20.2 Å². The van der Waals surface area contributed by atoms with Gasteiger partial charge in [0.2, 0.25) is 0 Å². The zero-order chi connectivity index (χ0) is 10.9. The van der Waals surface area contributed by atoms with E-state index in [4.69, 9.17) is 11.6 Å². The molecule has 0 fully saturated rings. The molecule has 78 valence electrons. The molecule has 0 saturated carbocycles. The molecule has 0 amide bonds. The largest absolute Gasteiger partial charge is 0.390 e. The van der Waals surface area contributed by atoms with E-state index < -0.39 is 22.3 Å². The summed E-state index contributed by atoms with van der Waals surface area (Å²) in [7, 11) is 0. The van der Waals surface area contributed by atoms with Gasteiger partial charge in [-0.15, -0.1) is 0 Å². The van der Waals surface area contributed by atoms with Crippen LogP contribution in [0.2, 0.25) is 5.02 Å². The van der Waals surface area contributed by atoms with Crippen LogP contribution in [-0.2, 0) is 6.42 Å². The molecule has 0 aromatic heterocycles. The highest BCUT2D eigenvalue weighted by Gasteiger charge is 2.19. The van der Waals surface area contributed by atoms with Gasteiger partial charge in [-0.3, -0.25) is 0 Å². The summed E-state index contributed by atoms with van der Waals surface area (Å²) in [5.74, 6) is -1.59. The Labute approximate surface area is 86.3 Å². The number of aliphatic hydroxyl groups is 1. The summed E-state index contributed by atoms with van der Waals surface area (Å²) < 4.78 is 26.1. The molecule has 0 bridgehead atoms. The first-order valence-electron chi connectivity index (χ1n) is 4.16. The van der Waals surface area contributed by atoms with Crippen molar-refractivity contribution in [2.75, 3.05) is 0 Å². The highest BCUT2D eigenvalue weighted by Crippen LogP contribution is 2.24. The molecule has 1 aromatic carbocycles. The molecule has 4 heteroatoms. The number of benzene rings is 1. The third kappa shape index (κ3) is 2.66. The highest BCUT2D eigenvalue weighted by atomic mass is 35.5. The van der Waals surface area contributed by atoms with Crippen molar-refractivity contribution in [3.63, 3.8) is 0 Å². The first-order chi connectivity index (χ1) is 6.31. The van der Waals surface area contributed by atoms with Crippen LogP contribution >= 0.6 is 11.6 Å². The Bertz CT molecular complexity index is 345. The van der Waals surface area contributed by atoms with Crippen LogP contribution in [0.5, 0.6) is 0 Å². The fraction of sp³-hybridized carbons (Fsp3) is 0.400. The van der Waals surface area contributed by atoms with Gasteiger partial charge < -0.3 is 5.11 Å². The van der Waals surface area contributed by atoms with Crippen LogP contribution in [0.15, 0.2) is 12.1 Å². The van der Waals surface area contributed by atoms with E-state index in [1.807, 2.05) is 0 Å². The average Bonchev–Trinajstić information content (AvgIpc) is 2.04. The minimum atomic E-state index is -1.04. The van der Waals surface area contributed by atoms with Gasteiger partial charge in [0.15, 0.2) is 0 Å². The lowest BCUT2D eigenvalue weighted by Crippen LogP contribution is -2.22. The van der Waals surface area contributed by atoms with Crippen molar-refractivity contribution >= 4 is 11.6 Å². The summed E-state index contributed by atoms with van der Waals surface area (Å²) in [6, 6.07) is 2.38. The molecule has 0 atom stereocenters. The van der Waals surface area contributed by atoms with Gasteiger partial charge >= 0.3 is 0 Å². The van der Waals surface area contributed by atoms with Crippen molar-refractivity contribution < 1.29 is 13.9 Å². The maximum Gasteiger partial charge on any atom is 0.148 e. The van der Waals surface area contributed by atoms with E-state index in [2.05, 4.69) is 0 Å². The van der Waals surface area contributed by atoms with Crippen molar-refractivity contribution in [3.05, 3.63) is 34.4 Å². The standard InChI is InChI=1S/C10H11ClF2O/c1-10(2,14)5-6-3-4-7(12)8(11)9(6)13/h3-4,14H,5H2,1-2H3. The quantitative estimate of drug-likeness (QED) is 0.760. The van der Waals surface area contributed by atoms with Crippen LogP contribution in [0.25, 0.3) is 0 Å². The Kier molecular flexibility index (Phi) is 3.12. The Morgan fingerprint density at radius 3 is 2.43 bits per heavy atom. The molecule has 1 aromatic rings. The van der Waals surface area contributed by atoms with Crippen molar-refractivity contribution in [2.45, 2.75) is 25.9 Å². The molecule has 1 N–H and O–H groups in total. The van der Waals surface area contributed by atoms with Crippen molar-refractivity contribution in [3.8, 4) is 0 Å². The van der Waals surface area contributed by atoms with Gasteiger partial charge in [0, 0.05) is 6.42 Å². The second kappa shape index (κ2) is 3.83. The zero-order valence-electron chi connectivity index (χ0n) is 7.94. The van der Waals surface area contributed by atoms with Gasteiger partial charge in [-0.05, 0) is 25.5 Å². The first-order valence-corrected chi connectivity index (χ1v) is 4.54. The van der Waals surface area contributed by atoms with Crippen LogP contribution < -0.4 is 0 Å². The van der Waals surface area contributed by atoms with Crippen molar-refractivity contribution in [1.29, 1.82) is 0 Å². The number of halogens is 3. The summed E-state index contributed by atoms with van der Waals surface area (Å²) in [4.78, 5) is 0. The molecule has 0 saturated heterocycles. The molecule has 0 aliphatic rings. The highest BCUT2D eigenvalue weighted by molar-refractivity contribution is 6.30. The van der Waals surface area contributed by atoms with E-state index in [1.54, 1.807) is 13.8 Å². The normalized spacial score (nSPS) is 11.9. The predicted octanol–water partition coefficient (Wildman–Crippen LogP) is 2.93. The maximum atomic E-state index is 13.3. The number of hydrogen-bond donors (Lipinski definition) is 1. The minimum Gasteiger partial charge on any atom is -0.390 e. The lowest BCUT2D eigenvalue weighted by molar-refractivity contribution is 0.0800. The van der Waals surface area contributed by atoms with Gasteiger partial charge in [0.05, 0.1) is 5.60 Å². The Hall–Kier alpha value is -0.670. The predicted molar refractivity (Wildman–Crippen MR) is 51.4 cm³/mol. The second-order valence-corrected chi connectivity index (χ2v) is 4.20. The molecule has 0 heterocycles. The van der Waals surface area contributed by atoms with E-state index in [9.17, 15) is 13.9 Å². The van der Waals surface area contributed by atoms with Crippen LogP contribution in [-0.4, -0.2) is 10.7 Å². The summed E-state index contributed by atoms with van der Waals surface area (Å²) in [5, 5.41) is 8.93. The molecule has 0 radical (unpaired) electrons. The van der Waals surface area contributed by atoms with Gasteiger partial charge in [-0.25, -0.2) is 8.78 Å². The third-order valence-corrected chi connectivity index (χ3v) is 2.08. The fourth-order valence-corrected chi connectivity index (χ4v) is 1.35. The molecule has 0 aliphatic carbocycles. The van der Waals surface area contributed by atoms with E-state index >= 15 is 0 Å². The molecular formula is C10H11ClF2O. The Balaban J connectivity index is 3.06. The van der Waals surface area contributed by atoms with Gasteiger partial charge in [0.1, 0.15) is 16.7 Å².